The highest BCUT2D eigenvalue weighted by Gasteiger charge is 2.17. The van der Waals surface area contributed by atoms with Crippen molar-refractivity contribution in [3.63, 3.8) is 0 Å². The number of nitrogens with zero attached hydrogens (tertiary/aromatic N) is 3. The van der Waals surface area contributed by atoms with Crippen LogP contribution in [-0.2, 0) is 4.74 Å². The van der Waals surface area contributed by atoms with E-state index in [0.717, 1.165) is 19.7 Å². The molecular formula is C11H17N5OS. The largest absolute Gasteiger partial charge is 0.388 e. The molecule has 0 saturated carbocycles. The van der Waals surface area contributed by atoms with E-state index in [1.807, 2.05) is 0 Å². The average Bonchev–Trinajstić information content (AvgIpc) is 2.37. The average molecular weight is 267 g/mol. The number of nitrogens with two attached hydrogens (primary N) is 1. The third kappa shape index (κ3) is 3.59. The van der Waals surface area contributed by atoms with Crippen molar-refractivity contribution in [2.24, 2.45) is 5.73 Å². The molecule has 7 heteroatoms. The standard InChI is InChI=1S/C11H17N5OS/c1-16-4-5-17-8(7-16)6-14-11-13-3-2-9(15-11)10(12)18/h2-3,8H,4-7H2,1H3,(H2,12,18)(H,13,14,15). The lowest BCUT2D eigenvalue weighted by molar-refractivity contribution is -0.0117. The van der Waals surface area contributed by atoms with E-state index in [9.17, 15) is 0 Å². The molecule has 1 aromatic heterocycles. The Labute approximate surface area is 112 Å². The van der Waals surface area contributed by atoms with Crippen molar-refractivity contribution in [3.8, 4) is 0 Å². The summed E-state index contributed by atoms with van der Waals surface area (Å²) in [7, 11) is 2.08. The molecule has 0 aliphatic carbocycles. The molecule has 98 valence electrons. The highest BCUT2D eigenvalue weighted by Crippen LogP contribution is 2.05. The molecule has 1 atom stereocenters. The summed E-state index contributed by atoms with van der Waals surface area (Å²) in [6, 6.07) is 1.69. The maximum absolute atomic E-state index is 5.64. The third-order valence-electron chi connectivity index (χ3n) is 2.74. The van der Waals surface area contributed by atoms with E-state index in [4.69, 9.17) is 22.7 Å². The zero-order chi connectivity index (χ0) is 13.0. The van der Waals surface area contributed by atoms with E-state index in [1.165, 1.54) is 0 Å². The number of rotatable bonds is 4. The predicted octanol–water partition coefficient (Wildman–Crippen LogP) is -0.147. The van der Waals surface area contributed by atoms with Gasteiger partial charge in [0.25, 0.3) is 0 Å². The Morgan fingerprint density at radius 3 is 3.28 bits per heavy atom. The molecule has 2 heterocycles. The van der Waals surface area contributed by atoms with Gasteiger partial charge in [0.1, 0.15) is 10.7 Å². The van der Waals surface area contributed by atoms with Crippen molar-refractivity contribution < 1.29 is 4.74 Å². The number of morpholine rings is 1. The molecule has 1 aliphatic heterocycles. The molecule has 6 nitrogen and oxygen atoms in total. The summed E-state index contributed by atoms with van der Waals surface area (Å²) < 4.78 is 5.64. The Hall–Kier alpha value is -1.31. The number of ether oxygens (including phenoxy) is 1. The Kier molecular flexibility index (Phi) is 4.40. The smallest absolute Gasteiger partial charge is 0.223 e. The van der Waals surface area contributed by atoms with Crippen LogP contribution in [0.1, 0.15) is 5.69 Å². The molecule has 1 aromatic rings. The minimum absolute atomic E-state index is 0.154. The Balaban J connectivity index is 1.89. The van der Waals surface area contributed by atoms with Crippen LogP contribution in [0, 0.1) is 0 Å². The number of aromatic nitrogens is 2. The fourth-order valence-electron chi connectivity index (χ4n) is 1.78. The van der Waals surface area contributed by atoms with Gasteiger partial charge in [-0.1, -0.05) is 12.2 Å². The Morgan fingerprint density at radius 2 is 2.56 bits per heavy atom. The second-order valence-electron chi connectivity index (χ2n) is 4.27. The molecule has 0 spiro atoms. The van der Waals surface area contributed by atoms with Gasteiger partial charge in [0.15, 0.2) is 0 Å². The first-order chi connectivity index (χ1) is 8.65. The van der Waals surface area contributed by atoms with Gasteiger partial charge in [0.05, 0.1) is 12.7 Å². The molecule has 0 amide bonds. The maximum atomic E-state index is 5.64. The zero-order valence-electron chi connectivity index (χ0n) is 10.3. The lowest BCUT2D eigenvalue weighted by Crippen LogP contribution is -2.43. The van der Waals surface area contributed by atoms with E-state index >= 15 is 0 Å². The molecule has 0 aromatic carbocycles. The Morgan fingerprint density at radius 1 is 1.72 bits per heavy atom. The maximum Gasteiger partial charge on any atom is 0.223 e. The van der Waals surface area contributed by atoms with Gasteiger partial charge < -0.3 is 20.7 Å². The quantitative estimate of drug-likeness (QED) is 0.735. The van der Waals surface area contributed by atoms with Crippen LogP contribution in [0.4, 0.5) is 5.95 Å². The highest BCUT2D eigenvalue weighted by atomic mass is 32.1. The Bertz CT molecular complexity index is 428. The van der Waals surface area contributed by atoms with Gasteiger partial charge >= 0.3 is 0 Å². The second kappa shape index (κ2) is 6.03. The van der Waals surface area contributed by atoms with Gasteiger partial charge in [-0.05, 0) is 13.1 Å². The van der Waals surface area contributed by atoms with Crippen LogP contribution in [0.3, 0.4) is 0 Å². The summed E-state index contributed by atoms with van der Waals surface area (Å²) in [6.45, 7) is 3.31. The van der Waals surface area contributed by atoms with Crippen molar-refractivity contribution >= 4 is 23.2 Å². The first-order valence-corrected chi connectivity index (χ1v) is 6.23. The molecule has 1 unspecified atom stereocenters. The number of anilines is 1. The van der Waals surface area contributed by atoms with Gasteiger partial charge in [-0.3, -0.25) is 0 Å². The molecule has 1 saturated heterocycles. The van der Waals surface area contributed by atoms with Crippen LogP contribution >= 0.6 is 12.2 Å². The monoisotopic (exact) mass is 267 g/mol. The summed E-state index contributed by atoms with van der Waals surface area (Å²) >= 11 is 4.87. The summed E-state index contributed by atoms with van der Waals surface area (Å²) in [6.07, 6.45) is 1.79. The molecule has 0 bridgehead atoms. The van der Waals surface area contributed by atoms with Crippen LogP contribution in [0.5, 0.6) is 0 Å². The normalized spacial score (nSPS) is 20.6. The fraction of sp³-hybridized carbons (Fsp3) is 0.545. The number of hydrogen-bond donors (Lipinski definition) is 2. The topological polar surface area (TPSA) is 76.3 Å². The molecule has 18 heavy (non-hydrogen) atoms. The molecule has 2 rings (SSSR count). The molecule has 0 radical (unpaired) electrons. The molecule has 1 fully saturated rings. The molecular weight excluding hydrogens is 250 g/mol. The predicted molar refractivity (Wildman–Crippen MR) is 73.6 cm³/mol. The van der Waals surface area contributed by atoms with Gasteiger partial charge in [-0.15, -0.1) is 0 Å². The minimum Gasteiger partial charge on any atom is -0.388 e. The summed E-state index contributed by atoms with van der Waals surface area (Å²) in [5, 5.41) is 3.14. The van der Waals surface area contributed by atoms with E-state index in [1.54, 1.807) is 12.3 Å². The van der Waals surface area contributed by atoms with Crippen LogP contribution < -0.4 is 11.1 Å². The zero-order valence-corrected chi connectivity index (χ0v) is 11.1. The summed E-state index contributed by atoms with van der Waals surface area (Å²) in [5.41, 5.74) is 6.10. The summed E-state index contributed by atoms with van der Waals surface area (Å²) in [5.74, 6) is 0.525. The van der Waals surface area contributed by atoms with Crippen molar-refractivity contribution in [2.45, 2.75) is 6.10 Å². The SMILES string of the molecule is CN1CCOC(CNc2nccc(C(N)=S)n2)C1. The van der Waals surface area contributed by atoms with Crippen molar-refractivity contribution in [1.29, 1.82) is 0 Å². The van der Waals surface area contributed by atoms with Crippen LogP contribution in [0.25, 0.3) is 0 Å². The highest BCUT2D eigenvalue weighted by molar-refractivity contribution is 7.80. The van der Waals surface area contributed by atoms with Crippen molar-refractivity contribution in [3.05, 3.63) is 18.0 Å². The van der Waals surface area contributed by atoms with E-state index < -0.39 is 0 Å². The first-order valence-electron chi connectivity index (χ1n) is 5.82. The number of thiocarbonyl (C=S) groups is 1. The third-order valence-corrected chi connectivity index (χ3v) is 2.95. The van der Waals surface area contributed by atoms with Crippen LogP contribution in [0.15, 0.2) is 12.3 Å². The van der Waals surface area contributed by atoms with E-state index in [2.05, 4.69) is 27.2 Å². The van der Waals surface area contributed by atoms with Crippen LogP contribution in [-0.4, -0.2) is 59.2 Å². The lowest BCUT2D eigenvalue weighted by Gasteiger charge is -2.30. The van der Waals surface area contributed by atoms with E-state index in [-0.39, 0.29) is 11.1 Å². The summed E-state index contributed by atoms with van der Waals surface area (Å²) in [4.78, 5) is 10.8. The van der Waals surface area contributed by atoms with Crippen molar-refractivity contribution in [2.75, 3.05) is 38.6 Å². The van der Waals surface area contributed by atoms with Gasteiger partial charge in [-0.2, -0.15) is 0 Å². The second-order valence-corrected chi connectivity index (χ2v) is 4.71. The van der Waals surface area contributed by atoms with Gasteiger partial charge in [0, 0.05) is 25.8 Å². The fourth-order valence-corrected chi connectivity index (χ4v) is 1.89. The lowest BCUT2D eigenvalue weighted by atomic mass is 10.3. The number of likely N-dealkylation sites (N-methyl/N-ethyl adjacent to an activating group) is 1. The molecule has 1 aliphatic rings. The first kappa shape index (κ1) is 13.1. The minimum atomic E-state index is 0.154. The van der Waals surface area contributed by atoms with Crippen molar-refractivity contribution in [1.82, 2.24) is 14.9 Å². The van der Waals surface area contributed by atoms with E-state index in [0.29, 0.717) is 18.2 Å². The van der Waals surface area contributed by atoms with Gasteiger partial charge in [-0.25, -0.2) is 9.97 Å². The van der Waals surface area contributed by atoms with Crippen LogP contribution in [0.2, 0.25) is 0 Å². The molecule has 3 N–H and O–H groups in total. The van der Waals surface area contributed by atoms with Gasteiger partial charge in [0.2, 0.25) is 5.95 Å². The number of hydrogen-bond acceptors (Lipinski definition) is 6. The number of nitrogens with one attached hydrogen (secondary N) is 1.